The highest BCUT2D eigenvalue weighted by molar-refractivity contribution is 5.30. The zero-order chi connectivity index (χ0) is 18.4. The highest BCUT2D eigenvalue weighted by Gasteiger charge is 2.51. The molecule has 22 heavy (non-hydrogen) atoms. The van der Waals surface area contributed by atoms with Gasteiger partial charge in [0.05, 0.1) is 0 Å². The van der Waals surface area contributed by atoms with Gasteiger partial charge in [-0.05, 0) is 0 Å². The van der Waals surface area contributed by atoms with Crippen LogP contribution in [-0.2, 0) is 0 Å². The van der Waals surface area contributed by atoms with Crippen LogP contribution in [0.4, 0.5) is 0 Å². The summed E-state index contributed by atoms with van der Waals surface area (Å²) in [7, 11) is 0. The van der Waals surface area contributed by atoms with E-state index in [1.54, 1.807) is 0 Å². The Balaban J connectivity index is 6.34. The number of rotatable bonds is 0. The topological polar surface area (TPSA) is 40.5 Å². The van der Waals surface area contributed by atoms with E-state index in [4.69, 9.17) is 0 Å². The molecule has 0 spiro atoms. The van der Waals surface area contributed by atoms with Gasteiger partial charge in [0.25, 0.3) is 0 Å². The Labute approximate surface area is 138 Å². The Morgan fingerprint density at radius 3 is 0.636 bits per heavy atom. The van der Waals surface area contributed by atoms with E-state index in [0.717, 1.165) is 0 Å². The van der Waals surface area contributed by atoms with Crippen molar-refractivity contribution in [2.24, 2.45) is 21.7 Å². The molecule has 0 unspecified atom stereocenters. The van der Waals surface area contributed by atoms with Crippen molar-refractivity contribution in [2.75, 3.05) is 0 Å². The quantitative estimate of drug-likeness (QED) is 0.640. The number of aliphatic hydroxyl groups is 2. The fourth-order valence-corrected chi connectivity index (χ4v) is 3.18. The molecule has 0 saturated carbocycles. The van der Waals surface area contributed by atoms with Crippen LogP contribution >= 0.6 is 0 Å². The van der Waals surface area contributed by atoms with Gasteiger partial charge in [0.2, 0.25) is 0 Å². The first-order valence-electron chi connectivity index (χ1n) is 8.20. The van der Waals surface area contributed by atoms with E-state index < -0.39 is 32.9 Å². The molecule has 0 aromatic rings. The van der Waals surface area contributed by atoms with Crippen molar-refractivity contribution >= 4 is 0 Å². The minimum absolute atomic E-state index is 0.422. The van der Waals surface area contributed by atoms with Crippen LogP contribution in [0.3, 0.4) is 0 Å². The predicted molar refractivity (Wildman–Crippen MR) is 95.5 cm³/mol. The molecule has 0 aliphatic rings. The van der Waals surface area contributed by atoms with Crippen LogP contribution < -0.4 is 0 Å². The van der Waals surface area contributed by atoms with Gasteiger partial charge in [-0.1, -0.05) is 94.9 Å². The lowest BCUT2D eigenvalue weighted by atomic mass is 9.60. The van der Waals surface area contributed by atoms with E-state index >= 15 is 0 Å². The molecule has 0 aromatic carbocycles. The largest absolute Gasteiger partial charge is 0.376 e. The molecule has 0 aliphatic heterocycles. The van der Waals surface area contributed by atoms with Crippen molar-refractivity contribution in [3.8, 4) is 11.8 Å². The third kappa shape index (κ3) is 3.69. The molecule has 0 amide bonds. The van der Waals surface area contributed by atoms with E-state index in [-0.39, 0.29) is 0 Å². The van der Waals surface area contributed by atoms with Crippen LogP contribution in [0.15, 0.2) is 0 Å². The third-order valence-electron chi connectivity index (χ3n) is 4.77. The second-order valence-corrected chi connectivity index (χ2v) is 10.7. The lowest BCUT2D eigenvalue weighted by Crippen LogP contribution is -2.55. The molecule has 2 nitrogen and oxygen atoms in total. The highest BCUT2D eigenvalue weighted by Crippen LogP contribution is 2.46. The van der Waals surface area contributed by atoms with Gasteiger partial charge in [0.15, 0.2) is 0 Å². The average molecular weight is 311 g/mol. The summed E-state index contributed by atoms with van der Waals surface area (Å²) in [6.07, 6.45) is 0. The summed E-state index contributed by atoms with van der Waals surface area (Å²) >= 11 is 0. The Morgan fingerprint density at radius 1 is 0.409 bits per heavy atom. The molecule has 0 fully saturated rings. The van der Waals surface area contributed by atoms with Crippen molar-refractivity contribution in [1.82, 2.24) is 0 Å². The van der Waals surface area contributed by atoms with Gasteiger partial charge >= 0.3 is 0 Å². The lowest BCUT2D eigenvalue weighted by molar-refractivity contribution is -0.0971. The molecule has 0 saturated heterocycles. The summed E-state index contributed by atoms with van der Waals surface area (Å²) in [6, 6.07) is 0. The Bertz CT molecular complexity index is 378. The van der Waals surface area contributed by atoms with Crippen LogP contribution in [0, 0.1) is 33.5 Å². The van der Waals surface area contributed by atoms with Gasteiger partial charge in [-0.3, -0.25) is 0 Å². The van der Waals surface area contributed by atoms with E-state index in [9.17, 15) is 10.2 Å². The normalized spacial score (nSPS) is 15.4. The van der Waals surface area contributed by atoms with Crippen LogP contribution in [0.2, 0.25) is 0 Å². The van der Waals surface area contributed by atoms with Crippen molar-refractivity contribution < 1.29 is 10.2 Å². The summed E-state index contributed by atoms with van der Waals surface area (Å²) in [5, 5.41) is 22.6. The molecular weight excluding hydrogens is 272 g/mol. The molecule has 0 bridgehead atoms. The second-order valence-electron chi connectivity index (χ2n) is 10.7. The molecule has 0 aliphatic carbocycles. The standard InChI is InChI=1S/C20H38O2/c1-15(2,3)19(21,16(4,5)6)13-14-20(22,17(7,8)9)18(10,11)12/h21-22H,1-12H3. The maximum atomic E-state index is 11.3. The van der Waals surface area contributed by atoms with Crippen molar-refractivity contribution in [1.29, 1.82) is 0 Å². The zero-order valence-corrected chi connectivity index (χ0v) is 16.9. The molecule has 2 N–H and O–H groups in total. The van der Waals surface area contributed by atoms with Crippen molar-refractivity contribution in [3.05, 3.63) is 0 Å². The third-order valence-corrected chi connectivity index (χ3v) is 4.77. The van der Waals surface area contributed by atoms with Gasteiger partial charge in [-0.15, -0.1) is 0 Å². The fourth-order valence-electron chi connectivity index (χ4n) is 3.18. The van der Waals surface area contributed by atoms with Gasteiger partial charge < -0.3 is 10.2 Å². The lowest BCUT2D eigenvalue weighted by Gasteiger charge is -2.48. The number of hydrogen-bond donors (Lipinski definition) is 2. The zero-order valence-electron chi connectivity index (χ0n) is 16.9. The molecule has 0 rings (SSSR count). The number of hydrogen-bond acceptors (Lipinski definition) is 2. The van der Waals surface area contributed by atoms with Crippen LogP contribution in [0.1, 0.15) is 83.1 Å². The summed E-state index contributed by atoms with van der Waals surface area (Å²) < 4.78 is 0. The Kier molecular flexibility index (Phi) is 5.40. The molecule has 0 heterocycles. The summed E-state index contributed by atoms with van der Waals surface area (Å²) in [5.41, 5.74) is -4.09. The van der Waals surface area contributed by atoms with Crippen LogP contribution in [-0.4, -0.2) is 21.4 Å². The van der Waals surface area contributed by atoms with Crippen molar-refractivity contribution in [2.45, 2.75) is 94.3 Å². The van der Waals surface area contributed by atoms with Gasteiger partial charge in [0, 0.05) is 21.7 Å². The van der Waals surface area contributed by atoms with E-state index in [0.29, 0.717) is 0 Å². The van der Waals surface area contributed by atoms with Gasteiger partial charge in [-0.2, -0.15) is 0 Å². The first-order chi connectivity index (χ1) is 9.21. The smallest absolute Gasteiger partial charge is 0.135 e. The summed E-state index contributed by atoms with van der Waals surface area (Å²) in [6.45, 7) is 23.8. The first kappa shape index (κ1) is 21.5. The van der Waals surface area contributed by atoms with Gasteiger partial charge in [-0.25, -0.2) is 0 Å². The van der Waals surface area contributed by atoms with Crippen LogP contribution in [0.25, 0.3) is 0 Å². The predicted octanol–water partition coefficient (Wildman–Crippen LogP) is 4.64. The van der Waals surface area contributed by atoms with Crippen molar-refractivity contribution in [3.63, 3.8) is 0 Å². The molecule has 0 aromatic heterocycles. The minimum atomic E-state index is -1.20. The second kappa shape index (κ2) is 5.53. The maximum Gasteiger partial charge on any atom is 0.135 e. The Hall–Kier alpha value is -0.520. The average Bonchev–Trinajstić information content (AvgIpc) is 2.18. The SMILES string of the molecule is CC(C)(C)C(O)(C#CC(O)(C(C)(C)C)C(C)(C)C)C(C)(C)C. The first-order valence-corrected chi connectivity index (χ1v) is 8.20. The summed E-state index contributed by atoms with van der Waals surface area (Å²) in [5.74, 6) is 6.17. The van der Waals surface area contributed by atoms with Crippen LogP contribution in [0.5, 0.6) is 0 Å². The molecule has 2 heteroatoms. The summed E-state index contributed by atoms with van der Waals surface area (Å²) in [4.78, 5) is 0. The molecule has 130 valence electrons. The Morgan fingerprint density at radius 2 is 0.545 bits per heavy atom. The minimum Gasteiger partial charge on any atom is -0.376 e. The van der Waals surface area contributed by atoms with E-state index in [1.165, 1.54) is 0 Å². The highest BCUT2D eigenvalue weighted by atomic mass is 16.3. The fraction of sp³-hybridized carbons (Fsp3) is 0.900. The molecule has 0 radical (unpaired) electrons. The maximum absolute atomic E-state index is 11.3. The van der Waals surface area contributed by atoms with E-state index in [2.05, 4.69) is 11.8 Å². The monoisotopic (exact) mass is 310 g/mol. The molecule has 0 atom stereocenters. The van der Waals surface area contributed by atoms with Gasteiger partial charge in [0.1, 0.15) is 11.2 Å². The van der Waals surface area contributed by atoms with E-state index in [1.807, 2.05) is 83.1 Å². The molecular formula is C20H38O2.